The van der Waals surface area contributed by atoms with E-state index in [1.54, 1.807) is 7.11 Å². The van der Waals surface area contributed by atoms with Crippen molar-refractivity contribution in [2.45, 2.75) is 44.8 Å². The van der Waals surface area contributed by atoms with Crippen molar-refractivity contribution in [3.63, 3.8) is 0 Å². The molecule has 3 nitrogen and oxygen atoms in total. The molecule has 1 fully saturated rings. The summed E-state index contributed by atoms with van der Waals surface area (Å²) >= 11 is 0. The predicted molar refractivity (Wildman–Crippen MR) is 93.2 cm³/mol. The predicted octanol–water partition coefficient (Wildman–Crippen LogP) is 4.72. The minimum Gasteiger partial charge on any atom is -0.497 e. The summed E-state index contributed by atoms with van der Waals surface area (Å²) in [5, 5.41) is 0. The summed E-state index contributed by atoms with van der Waals surface area (Å²) in [5.74, 6) is 0.881. The van der Waals surface area contributed by atoms with Crippen molar-refractivity contribution in [3.8, 4) is 16.9 Å². The largest absolute Gasteiger partial charge is 0.497 e. The van der Waals surface area contributed by atoms with Crippen molar-refractivity contribution in [3.05, 3.63) is 54.1 Å². The van der Waals surface area contributed by atoms with Crippen LogP contribution in [0, 0.1) is 0 Å². The maximum atomic E-state index is 5.67. The van der Waals surface area contributed by atoms with Gasteiger partial charge in [-0.25, -0.2) is 0 Å². The Morgan fingerprint density at radius 2 is 1.74 bits per heavy atom. The van der Waals surface area contributed by atoms with Gasteiger partial charge in [0, 0.05) is 6.04 Å². The molecule has 2 aromatic rings. The minimum absolute atomic E-state index is 0.528. The summed E-state index contributed by atoms with van der Waals surface area (Å²) in [6, 6.07) is 17.2. The average Bonchev–Trinajstić information content (AvgIpc) is 2.63. The third-order valence-electron chi connectivity index (χ3n) is 4.45. The third-order valence-corrected chi connectivity index (χ3v) is 4.45. The summed E-state index contributed by atoms with van der Waals surface area (Å²) in [4.78, 5) is 5.67. The Kier molecular flexibility index (Phi) is 5.67. The van der Waals surface area contributed by atoms with Crippen molar-refractivity contribution >= 4 is 0 Å². The van der Waals surface area contributed by atoms with Gasteiger partial charge in [-0.2, -0.15) is 5.48 Å². The molecular formula is C20H25NO2. The number of rotatable bonds is 6. The summed E-state index contributed by atoms with van der Waals surface area (Å²) < 4.78 is 5.28. The molecule has 1 N–H and O–H groups in total. The second kappa shape index (κ2) is 8.14. The van der Waals surface area contributed by atoms with Gasteiger partial charge in [0.25, 0.3) is 0 Å². The first kappa shape index (κ1) is 16.0. The molecule has 1 aliphatic rings. The number of hydrogen-bond acceptors (Lipinski definition) is 3. The normalized spacial score (nSPS) is 15.5. The smallest absolute Gasteiger partial charge is 0.119 e. The molecule has 0 spiro atoms. The fourth-order valence-corrected chi connectivity index (χ4v) is 3.06. The van der Waals surface area contributed by atoms with Crippen molar-refractivity contribution in [1.82, 2.24) is 5.48 Å². The SMILES string of the molecule is COc1cccc(-c2ccc(CONC3CCCCC3)cc2)c1. The van der Waals surface area contributed by atoms with Gasteiger partial charge >= 0.3 is 0 Å². The molecule has 2 aromatic carbocycles. The Hall–Kier alpha value is -1.84. The number of hydroxylamine groups is 1. The molecule has 0 heterocycles. The first-order valence-corrected chi connectivity index (χ1v) is 8.46. The highest BCUT2D eigenvalue weighted by molar-refractivity contribution is 5.65. The lowest BCUT2D eigenvalue weighted by molar-refractivity contribution is -0.00457. The van der Waals surface area contributed by atoms with Crippen LogP contribution in [0.4, 0.5) is 0 Å². The lowest BCUT2D eigenvalue weighted by Crippen LogP contribution is -2.30. The van der Waals surface area contributed by atoms with E-state index < -0.39 is 0 Å². The van der Waals surface area contributed by atoms with Crippen molar-refractivity contribution in [2.24, 2.45) is 0 Å². The highest BCUT2D eigenvalue weighted by Gasteiger charge is 2.12. The molecule has 1 saturated carbocycles. The van der Waals surface area contributed by atoms with Gasteiger partial charge in [0.15, 0.2) is 0 Å². The van der Waals surface area contributed by atoms with Crippen LogP contribution in [0.15, 0.2) is 48.5 Å². The monoisotopic (exact) mass is 311 g/mol. The van der Waals surface area contributed by atoms with Crippen LogP contribution in [0.1, 0.15) is 37.7 Å². The second-order valence-corrected chi connectivity index (χ2v) is 6.17. The molecule has 0 aromatic heterocycles. The first-order valence-electron chi connectivity index (χ1n) is 8.46. The van der Waals surface area contributed by atoms with Crippen molar-refractivity contribution in [1.29, 1.82) is 0 Å². The van der Waals surface area contributed by atoms with Crippen molar-refractivity contribution in [2.75, 3.05) is 7.11 Å². The Labute approximate surface area is 138 Å². The van der Waals surface area contributed by atoms with Gasteiger partial charge < -0.3 is 4.74 Å². The van der Waals surface area contributed by atoms with E-state index in [1.165, 1.54) is 43.2 Å². The van der Waals surface area contributed by atoms with Gasteiger partial charge in [-0.05, 0) is 41.7 Å². The fraction of sp³-hybridized carbons (Fsp3) is 0.400. The van der Waals surface area contributed by atoms with Gasteiger partial charge in [0.2, 0.25) is 0 Å². The van der Waals surface area contributed by atoms with Gasteiger partial charge in [0.1, 0.15) is 5.75 Å². The zero-order chi connectivity index (χ0) is 15.9. The quantitative estimate of drug-likeness (QED) is 0.783. The van der Waals surface area contributed by atoms with Crippen molar-refractivity contribution < 1.29 is 9.57 Å². The molecule has 122 valence electrons. The molecule has 0 aliphatic heterocycles. The Bertz CT molecular complexity index is 603. The Morgan fingerprint density at radius 1 is 0.957 bits per heavy atom. The Morgan fingerprint density at radius 3 is 2.48 bits per heavy atom. The molecule has 0 saturated heterocycles. The van der Waals surface area contributed by atoms with Crippen LogP contribution in [0.25, 0.3) is 11.1 Å². The number of methoxy groups -OCH3 is 1. The second-order valence-electron chi connectivity index (χ2n) is 6.17. The molecule has 0 amide bonds. The molecular weight excluding hydrogens is 286 g/mol. The zero-order valence-corrected chi connectivity index (χ0v) is 13.8. The molecule has 23 heavy (non-hydrogen) atoms. The lowest BCUT2D eigenvalue weighted by atomic mass is 9.96. The highest BCUT2D eigenvalue weighted by atomic mass is 16.6. The zero-order valence-electron chi connectivity index (χ0n) is 13.8. The van der Waals surface area contributed by atoms with Crippen LogP contribution in [0.2, 0.25) is 0 Å². The number of nitrogens with one attached hydrogen (secondary N) is 1. The Balaban J connectivity index is 1.54. The number of ether oxygens (including phenoxy) is 1. The fourth-order valence-electron chi connectivity index (χ4n) is 3.06. The molecule has 0 atom stereocenters. The summed E-state index contributed by atoms with van der Waals surface area (Å²) in [6.45, 7) is 0.606. The molecule has 1 aliphatic carbocycles. The van der Waals surface area contributed by atoms with Crippen LogP contribution in [0.3, 0.4) is 0 Å². The van der Waals surface area contributed by atoms with E-state index in [4.69, 9.17) is 9.57 Å². The highest BCUT2D eigenvalue weighted by Crippen LogP contribution is 2.24. The van der Waals surface area contributed by atoms with E-state index in [2.05, 4.69) is 41.9 Å². The van der Waals surface area contributed by atoms with Gasteiger partial charge in [-0.1, -0.05) is 55.7 Å². The maximum absolute atomic E-state index is 5.67. The average molecular weight is 311 g/mol. The first-order chi connectivity index (χ1) is 11.3. The summed E-state index contributed by atoms with van der Waals surface area (Å²) in [6.07, 6.45) is 6.46. The molecule has 3 heteroatoms. The molecule has 0 radical (unpaired) electrons. The van der Waals surface area contributed by atoms with Crippen LogP contribution in [-0.2, 0) is 11.4 Å². The van der Waals surface area contributed by atoms with E-state index in [9.17, 15) is 0 Å². The molecule has 0 unspecified atom stereocenters. The molecule has 0 bridgehead atoms. The van der Waals surface area contributed by atoms with E-state index in [0.29, 0.717) is 12.6 Å². The summed E-state index contributed by atoms with van der Waals surface area (Å²) in [7, 11) is 1.69. The maximum Gasteiger partial charge on any atom is 0.119 e. The van der Waals surface area contributed by atoms with Crippen LogP contribution in [0.5, 0.6) is 5.75 Å². The van der Waals surface area contributed by atoms with Gasteiger partial charge in [-0.3, -0.25) is 4.84 Å². The van der Waals surface area contributed by atoms with Crippen LogP contribution >= 0.6 is 0 Å². The van der Waals surface area contributed by atoms with Crippen LogP contribution in [-0.4, -0.2) is 13.2 Å². The lowest BCUT2D eigenvalue weighted by Gasteiger charge is -2.22. The number of hydrogen-bond donors (Lipinski definition) is 1. The van der Waals surface area contributed by atoms with Gasteiger partial charge in [0.05, 0.1) is 13.7 Å². The minimum atomic E-state index is 0.528. The third kappa shape index (κ3) is 4.57. The van der Waals surface area contributed by atoms with Crippen LogP contribution < -0.4 is 10.2 Å². The van der Waals surface area contributed by atoms with E-state index in [0.717, 1.165) is 11.3 Å². The number of benzene rings is 2. The summed E-state index contributed by atoms with van der Waals surface area (Å²) in [5.41, 5.74) is 6.75. The van der Waals surface area contributed by atoms with E-state index in [1.807, 2.05) is 12.1 Å². The molecule has 3 rings (SSSR count). The topological polar surface area (TPSA) is 30.5 Å². The van der Waals surface area contributed by atoms with E-state index in [-0.39, 0.29) is 0 Å². The van der Waals surface area contributed by atoms with Gasteiger partial charge in [-0.15, -0.1) is 0 Å². The standard InChI is InChI=1S/C20H25NO2/c1-22-20-9-5-6-18(14-20)17-12-10-16(11-13-17)15-23-21-19-7-3-2-4-8-19/h5-6,9-14,19,21H,2-4,7-8,15H2,1H3. The van der Waals surface area contributed by atoms with E-state index >= 15 is 0 Å².